The molecule has 1 aliphatic carbocycles. The summed E-state index contributed by atoms with van der Waals surface area (Å²) < 4.78 is 2.15. The van der Waals surface area contributed by atoms with Gasteiger partial charge in [0.2, 0.25) is 5.91 Å². The van der Waals surface area contributed by atoms with Gasteiger partial charge in [0.05, 0.1) is 11.7 Å². The van der Waals surface area contributed by atoms with E-state index in [1.807, 2.05) is 6.20 Å². The molecule has 5 nitrogen and oxygen atoms in total. The highest BCUT2D eigenvalue weighted by Gasteiger charge is 2.30. The third-order valence-electron chi connectivity index (χ3n) is 4.66. The van der Waals surface area contributed by atoms with Crippen LogP contribution < -0.4 is 5.32 Å². The van der Waals surface area contributed by atoms with Crippen LogP contribution in [0.3, 0.4) is 0 Å². The molecule has 0 aromatic carbocycles. The second kappa shape index (κ2) is 6.45. The molecule has 1 fully saturated rings. The molecule has 2 aromatic rings. The molecule has 1 unspecified atom stereocenters. The zero-order valence-electron chi connectivity index (χ0n) is 13.1. The number of carbonyl (C=O) groups excluding carboxylic acids is 1. The number of carbonyl (C=O) groups is 1. The first-order valence-electron chi connectivity index (χ1n) is 8.33. The van der Waals surface area contributed by atoms with Crippen LogP contribution in [0.1, 0.15) is 36.6 Å². The van der Waals surface area contributed by atoms with Crippen LogP contribution >= 0.6 is 11.3 Å². The van der Waals surface area contributed by atoms with Crippen LogP contribution in [0, 0.1) is 5.92 Å². The molecule has 0 radical (unpaired) electrons. The number of fused-ring (bicyclic) bond motifs is 1. The first kappa shape index (κ1) is 14.9. The molecule has 122 valence electrons. The van der Waals surface area contributed by atoms with Crippen LogP contribution in [0.4, 0.5) is 0 Å². The molecule has 6 heteroatoms. The van der Waals surface area contributed by atoms with E-state index in [0.717, 1.165) is 45.4 Å². The van der Waals surface area contributed by atoms with Crippen molar-refractivity contribution in [3.8, 4) is 0 Å². The normalized spacial score (nSPS) is 21.1. The Morgan fingerprint density at radius 2 is 2.30 bits per heavy atom. The van der Waals surface area contributed by atoms with E-state index in [-0.39, 0.29) is 11.8 Å². The molecule has 3 heterocycles. The molecule has 0 spiro atoms. The maximum absolute atomic E-state index is 11.8. The Bertz CT molecular complexity index is 662. The molecule has 1 amide bonds. The summed E-state index contributed by atoms with van der Waals surface area (Å²) in [6, 6.07) is 4.64. The summed E-state index contributed by atoms with van der Waals surface area (Å²) in [5, 5.41) is 11.9. The fourth-order valence-electron chi connectivity index (χ4n) is 3.29. The maximum atomic E-state index is 11.8. The number of thiophene rings is 1. The lowest BCUT2D eigenvalue weighted by molar-refractivity contribution is -0.122. The Hall–Kier alpha value is -1.66. The van der Waals surface area contributed by atoms with E-state index < -0.39 is 0 Å². The van der Waals surface area contributed by atoms with Gasteiger partial charge in [-0.2, -0.15) is 16.4 Å². The predicted octanol–water partition coefficient (Wildman–Crippen LogP) is 2.42. The summed E-state index contributed by atoms with van der Waals surface area (Å²) in [7, 11) is 0. The quantitative estimate of drug-likeness (QED) is 0.885. The molecule has 1 aliphatic heterocycles. The minimum Gasteiger partial charge on any atom is -0.356 e. The van der Waals surface area contributed by atoms with E-state index in [1.165, 1.54) is 11.3 Å². The van der Waals surface area contributed by atoms with Gasteiger partial charge in [-0.3, -0.25) is 14.4 Å². The number of nitrogens with zero attached hydrogens (tertiary/aromatic N) is 3. The molecule has 2 aliphatic rings. The summed E-state index contributed by atoms with van der Waals surface area (Å²) in [4.78, 5) is 14.3. The molecule has 1 atom stereocenters. The third kappa shape index (κ3) is 3.48. The highest BCUT2D eigenvalue weighted by atomic mass is 32.1. The molecule has 1 saturated carbocycles. The molecule has 1 N–H and O–H groups in total. The van der Waals surface area contributed by atoms with Crippen LogP contribution in [-0.4, -0.2) is 33.7 Å². The summed E-state index contributed by atoms with van der Waals surface area (Å²) in [5.74, 6) is 0.522. The fraction of sp³-hybridized carbons (Fsp3) is 0.529. The molecule has 0 bridgehead atoms. The Morgan fingerprint density at radius 3 is 3.09 bits per heavy atom. The van der Waals surface area contributed by atoms with E-state index in [4.69, 9.17) is 0 Å². The van der Waals surface area contributed by atoms with Crippen LogP contribution in [0.15, 0.2) is 29.1 Å². The lowest BCUT2D eigenvalue weighted by Gasteiger charge is -2.33. The smallest absolute Gasteiger partial charge is 0.223 e. The van der Waals surface area contributed by atoms with Crippen molar-refractivity contribution in [3.63, 3.8) is 0 Å². The van der Waals surface area contributed by atoms with Crippen LogP contribution in [0.5, 0.6) is 0 Å². The zero-order valence-corrected chi connectivity index (χ0v) is 14.0. The molecule has 4 rings (SSSR count). The van der Waals surface area contributed by atoms with E-state index in [1.54, 1.807) is 11.3 Å². The average Bonchev–Trinajstić information content (AvgIpc) is 3.07. The third-order valence-corrected chi connectivity index (χ3v) is 5.40. The minimum absolute atomic E-state index is 0.233. The highest BCUT2D eigenvalue weighted by Crippen LogP contribution is 2.29. The molecular formula is C17H22N4OS. The summed E-state index contributed by atoms with van der Waals surface area (Å²) in [5.41, 5.74) is 2.65. The Balaban J connectivity index is 1.37. The van der Waals surface area contributed by atoms with E-state index in [9.17, 15) is 4.79 Å². The van der Waals surface area contributed by atoms with Crippen molar-refractivity contribution in [2.45, 2.75) is 38.4 Å². The Kier molecular flexibility index (Phi) is 4.18. The van der Waals surface area contributed by atoms with Gasteiger partial charge in [0.25, 0.3) is 0 Å². The largest absolute Gasteiger partial charge is 0.356 e. The minimum atomic E-state index is 0.233. The van der Waals surface area contributed by atoms with Crippen molar-refractivity contribution in [2.75, 3.05) is 13.1 Å². The predicted molar refractivity (Wildman–Crippen MR) is 90.0 cm³/mol. The van der Waals surface area contributed by atoms with Gasteiger partial charge in [-0.25, -0.2) is 0 Å². The van der Waals surface area contributed by atoms with E-state index in [0.29, 0.717) is 6.04 Å². The number of hydrogen-bond donors (Lipinski definition) is 1. The Morgan fingerprint density at radius 1 is 1.39 bits per heavy atom. The van der Waals surface area contributed by atoms with Crippen molar-refractivity contribution in [1.29, 1.82) is 0 Å². The second-order valence-electron chi connectivity index (χ2n) is 6.58. The van der Waals surface area contributed by atoms with Crippen molar-refractivity contribution >= 4 is 17.2 Å². The number of rotatable bonds is 6. The standard InChI is InChI=1S/C17H22N4OS/c22-17(14-1-2-14)18-6-3-15-10-20(9-13-5-8-23-12-13)11-16-4-7-19-21(15)16/h4-5,7-8,12,14-15H,1-3,6,9-11H2,(H,18,22). The molecule has 23 heavy (non-hydrogen) atoms. The summed E-state index contributed by atoms with van der Waals surface area (Å²) >= 11 is 1.75. The van der Waals surface area contributed by atoms with Crippen molar-refractivity contribution in [2.24, 2.45) is 5.92 Å². The van der Waals surface area contributed by atoms with Crippen molar-refractivity contribution in [1.82, 2.24) is 20.0 Å². The number of nitrogens with one attached hydrogen (secondary N) is 1. The van der Waals surface area contributed by atoms with Crippen LogP contribution in [0.25, 0.3) is 0 Å². The number of amides is 1. The average molecular weight is 330 g/mol. The molecular weight excluding hydrogens is 308 g/mol. The first-order valence-corrected chi connectivity index (χ1v) is 9.27. The summed E-state index contributed by atoms with van der Waals surface area (Å²) in [6.45, 7) is 3.66. The van der Waals surface area contributed by atoms with Gasteiger partial charge in [0, 0.05) is 38.3 Å². The monoisotopic (exact) mass is 330 g/mol. The van der Waals surface area contributed by atoms with Crippen LogP contribution in [-0.2, 0) is 17.9 Å². The van der Waals surface area contributed by atoms with E-state index >= 15 is 0 Å². The Labute approximate surface area is 140 Å². The van der Waals surface area contributed by atoms with Gasteiger partial charge in [0.1, 0.15) is 0 Å². The SMILES string of the molecule is O=C(NCCC1CN(Cc2ccsc2)Cc2ccnn21)C1CC1. The van der Waals surface area contributed by atoms with Gasteiger partial charge in [-0.15, -0.1) is 0 Å². The summed E-state index contributed by atoms with van der Waals surface area (Å²) in [6.07, 6.45) is 4.95. The fourth-order valence-corrected chi connectivity index (χ4v) is 3.95. The second-order valence-corrected chi connectivity index (χ2v) is 7.36. The zero-order chi connectivity index (χ0) is 15.6. The lowest BCUT2D eigenvalue weighted by Crippen LogP contribution is -2.39. The molecule has 2 aromatic heterocycles. The molecule has 0 saturated heterocycles. The van der Waals surface area contributed by atoms with Crippen molar-refractivity contribution < 1.29 is 4.79 Å². The van der Waals surface area contributed by atoms with Crippen LogP contribution in [0.2, 0.25) is 0 Å². The van der Waals surface area contributed by atoms with Gasteiger partial charge < -0.3 is 5.32 Å². The van der Waals surface area contributed by atoms with Gasteiger partial charge in [0.15, 0.2) is 0 Å². The number of hydrogen-bond acceptors (Lipinski definition) is 4. The van der Waals surface area contributed by atoms with Gasteiger partial charge in [-0.05, 0) is 47.7 Å². The van der Waals surface area contributed by atoms with Gasteiger partial charge >= 0.3 is 0 Å². The topological polar surface area (TPSA) is 50.2 Å². The van der Waals surface area contributed by atoms with E-state index in [2.05, 4.69) is 42.9 Å². The maximum Gasteiger partial charge on any atom is 0.223 e. The highest BCUT2D eigenvalue weighted by molar-refractivity contribution is 7.07. The van der Waals surface area contributed by atoms with Gasteiger partial charge in [-0.1, -0.05) is 0 Å². The number of aromatic nitrogens is 2. The lowest BCUT2D eigenvalue weighted by atomic mass is 10.1. The first-order chi connectivity index (χ1) is 11.3. The van der Waals surface area contributed by atoms with Crippen molar-refractivity contribution in [3.05, 3.63) is 40.3 Å².